The van der Waals surface area contributed by atoms with Gasteiger partial charge in [0, 0.05) is 11.1 Å². The molecule has 150 valence electrons. The van der Waals surface area contributed by atoms with E-state index >= 15 is 0 Å². The molecule has 3 aromatic carbocycles. The first kappa shape index (κ1) is 20.6. The molecule has 0 aliphatic carbocycles. The SMILES string of the molecule is CCOc1ccc(-c2ccc(C=Cc3ccc(CC)c(F)c3F)cc2)c(F)c1F. The Morgan fingerprint density at radius 1 is 0.724 bits per heavy atom. The molecule has 0 spiro atoms. The molecule has 0 aliphatic rings. The van der Waals surface area contributed by atoms with Crippen molar-refractivity contribution < 1.29 is 22.3 Å². The minimum absolute atomic E-state index is 0.116. The van der Waals surface area contributed by atoms with Gasteiger partial charge in [0.1, 0.15) is 0 Å². The van der Waals surface area contributed by atoms with E-state index in [0.29, 0.717) is 23.1 Å². The van der Waals surface area contributed by atoms with Crippen molar-refractivity contribution in [2.24, 2.45) is 0 Å². The van der Waals surface area contributed by atoms with Crippen LogP contribution in [0.1, 0.15) is 30.5 Å². The van der Waals surface area contributed by atoms with Gasteiger partial charge in [0.25, 0.3) is 0 Å². The molecular formula is C24H20F4O. The van der Waals surface area contributed by atoms with Gasteiger partial charge in [-0.2, -0.15) is 4.39 Å². The second kappa shape index (κ2) is 8.95. The van der Waals surface area contributed by atoms with Crippen molar-refractivity contribution in [2.45, 2.75) is 20.3 Å². The highest BCUT2D eigenvalue weighted by molar-refractivity contribution is 5.73. The van der Waals surface area contributed by atoms with Crippen molar-refractivity contribution in [1.29, 1.82) is 0 Å². The van der Waals surface area contributed by atoms with Crippen LogP contribution in [0.15, 0.2) is 48.5 Å². The maximum atomic E-state index is 14.3. The number of hydrogen-bond donors (Lipinski definition) is 0. The first-order valence-corrected chi connectivity index (χ1v) is 9.32. The van der Waals surface area contributed by atoms with E-state index in [1.165, 1.54) is 24.3 Å². The van der Waals surface area contributed by atoms with Crippen LogP contribution < -0.4 is 4.74 Å². The van der Waals surface area contributed by atoms with Crippen LogP contribution in [0.5, 0.6) is 5.75 Å². The molecule has 3 aromatic rings. The summed E-state index contributed by atoms with van der Waals surface area (Å²) >= 11 is 0. The summed E-state index contributed by atoms with van der Waals surface area (Å²) in [6.45, 7) is 3.69. The average Bonchev–Trinajstić information content (AvgIpc) is 2.73. The summed E-state index contributed by atoms with van der Waals surface area (Å²) < 4.78 is 61.4. The summed E-state index contributed by atoms with van der Waals surface area (Å²) in [5, 5.41) is 0. The van der Waals surface area contributed by atoms with Crippen molar-refractivity contribution in [2.75, 3.05) is 6.61 Å². The summed E-state index contributed by atoms with van der Waals surface area (Å²) in [5.41, 5.74) is 1.79. The Kier molecular flexibility index (Phi) is 6.37. The molecule has 0 heterocycles. The molecule has 0 unspecified atom stereocenters. The van der Waals surface area contributed by atoms with Crippen molar-refractivity contribution in [3.05, 3.63) is 88.5 Å². The maximum absolute atomic E-state index is 14.3. The molecule has 1 nitrogen and oxygen atoms in total. The van der Waals surface area contributed by atoms with Crippen LogP contribution in [-0.4, -0.2) is 6.61 Å². The predicted octanol–water partition coefficient (Wildman–Crippen LogP) is 7.04. The number of ether oxygens (including phenoxy) is 1. The fourth-order valence-corrected chi connectivity index (χ4v) is 2.99. The quantitative estimate of drug-likeness (QED) is 0.318. The van der Waals surface area contributed by atoms with Gasteiger partial charge in [0.2, 0.25) is 5.82 Å². The number of aryl methyl sites for hydroxylation is 1. The van der Waals surface area contributed by atoms with E-state index in [9.17, 15) is 17.6 Å². The fourth-order valence-electron chi connectivity index (χ4n) is 2.99. The summed E-state index contributed by atoms with van der Waals surface area (Å²) in [4.78, 5) is 0. The van der Waals surface area contributed by atoms with Crippen LogP contribution >= 0.6 is 0 Å². The highest BCUT2D eigenvalue weighted by Gasteiger charge is 2.15. The van der Waals surface area contributed by atoms with Crippen LogP contribution in [0.4, 0.5) is 17.6 Å². The molecule has 0 amide bonds. The summed E-state index contributed by atoms with van der Waals surface area (Å²) in [6.07, 6.45) is 3.52. The normalized spacial score (nSPS) is 11.2. The molecule has 3 rings (SSSR count). The summed E-state index contributed by atoms with van der Waals surface area (Å²) in [5.74, 6) is -3.85. The molecule has 0 aliphatic heterocycles. The van der Waals surface area contributed by atoms with Crippen LogP contribution in [0, 0.1) is 23.3 Å². The monoisotopic (exact) mass is 400 g/mol. The van der Waals surface area contributed by atoms with Gasteiger partial charge in [0.05, 0.1) is 6.61 Å². The van der Waals surface area contributed by atoms with Gasteiger partial charge in [-0.15, -0.1) is 0 Å². The van der Waals surface area contributed by atoms with E-state index in [2.05, 4.69) is 0 Å². The fraction of sp³-hybridized carbons (Fsp3) is 0.167. The number of halogens is 4. The largest absolute Gasteiger partial charge is 0.491 e. The Balaban J connectivity index is 1.84. The Morgan fingerprint density at radius 3 is 2.10 bits per heavy atom. The van der Waals surface area contributed by atoms with E-state index in [0.717, 1.165) is 0 Å². The van der Waals surface area contributed by atoms with E-state index in [1.54, 1.807) is 50.3 Å². The zero-order valence-electron chi connectivity index (χ0n) is 16.1. The van der Waals surface area contributed by atoms with Gasteiger partial charge >= 0.3 is 0 Å². The van der Waals surface area contributed by atoms with Crippen molar-refractivity contribution in [3.8, 4) is 16.9 Å². The number of hydrogen-bond acceptors (Lipinski definition) is 1. The highest BCUT2D eigenvalue weighted by atomic mass is 19.2. The first-order valence-electron chi connectivity index (χ1n) is 9.32. The highest BCUT2D eigenvalue weighted by Crippen LogP contribution is 2.30. The summed E-state index contributed by atoms with van der Waals surface area (Å²) in [7, 11) is 0. The smallest absolute Gasteiger partial charge is 0.201 e. The van der Waals surface area contributed by atoms with Crippen LogP contribution in [0.3, 0.4) is 0 Å². The van der Waals surface area contributed by atoms with E-state index in [4.69, 9.17) is 4.74 Å². The predicted molar refractivity (Wildman–Crippen MR) is 108 cm³/mol. The zero-order valence-corrected chi connectivity index (χ0v) is 16.1. The number of benzene rings is 3. The second-order valence-electron chi connectivity index (χ2n) is 6.42. The lowest BCUT2D eigenvalue weighted by molar-refractivity contribution is 0.314. The third-order valence-electron chi connectivity index (χ3n) is 4.60. The maximum Gasteiger partial charge on any atom is 0.201 e. The Hall–Kier alpha value is -3.08. The molecule has 0 atom stereocenters. The molecule has 5 heteroatoms. The van der Waals surface area contributed by atoms with Gasteiger partial charge in [-0.1, -0.05) is 55.5 Å². The average molecular weight is 400 g/mol. The van der Waals surface area contributed by atoms with Gasteiger partial charge in [-0.3, -0.25) is 0 Å². The van der Waals surface area contributed by atoms with Gasteiger partial charge in [-0.05, 0) is 42.2 Å². The van der Waals surface area contributed by atoms with E-state index in [1.807, 2.05) is 0 Å². The zero-order chi connectivity index (χ0) is 21.0. The topological polar surface area (TPSA) is 9.23 Å². The Labute approximate surface area is 167 Å². The Bertz CT molecular complexity index is 1040. The van der Waals surface area contributed by atoms with Gasteiger partial charge < -0.3 is 4.74 Å². The Morgan fingerprint density at radius 2 is 1.45 bits per heavy atom. The molecule has 0 N–H and O–H groups in total. The molecular weight excluding hydrogens is 380 g/mol. The van der Waals surface area contributed by atoms with Crippen molar-refractivity contribution >= 4 is 12.2 Å². The molecule has 0 fully saturated rings. The molecule has 29 heavy (non-hydrogen) atoms. The lowest BCUT2D eigenvalue weighted by Gasteiger charge is -2.09. The third-order valence-corrected chi connectivity index (χ3v) is 4.60. The molecule has 0 radical (unpaired) electrons. The molecule has 0 bridgehead atoms. The molecule has 0 aromatic heterocycles. The van der Waals surface area contributed by atoms with Crippen molar-refractivity contribution in [3.63, 3.8) is 0 Å². The van der Waals surface area contributed by atoms with Gasteiger partial charge in [-0.25, -0.2) is 13.2 Å². The summed E-state index contributed by atoms with van der Waals surface area (Å²) in [6, 6.07) is 12.6. The van der Waals surface area contributed by atoms with E-state index < -0.39 is 23.3 Å². The number of rotatable bonds is 6. The molecule has 0 saturated heterocycles. The lowest BCUT2D eigenvalue weighted by atomic mass is 10.0. The van der Waals surface area contributed by atoms with Crippen LogP contribution in [0.2, 0.25) is 0 Å². The van der Waals surface area contributed by atoms with Crippen molar-refractivity contribution in [1.82, 2.24) is 0 Å². The van der Waals surface area contributed by atoms with Gasteiger partial charge in [0.15, 0.2) is 23.2 Å². The first-order chi connectivity index (χ1) is 14.0. The second-order valence-corrected chi connectivity index (χ2v) is 6.42. The van der Waals surface area contributed by atoms with E-state index in [-0.39, 0.29) is 23.5 Å². The van der Waals surface area contributed by atoms with Crippen LogP contribution in [-0.2, 0) is 6.42 Å². The minimum Gasteiger partial charge on any atom is -0.491 e. The van der Waals surface area contributed by atoms with Crippen LogP contribution in [0.25, 0.3) is 23.3 Å². The third kappa shape index (κ3) is 4.34. The minimum atomic E-state index is -1.03. The molecule has 0 saturated carbocycles. The lowest BCUT2D eigenvalue weighted by Crippen LogP contribution is -1.98. The standard InChI is InChI=1S/C24H20F4O/c1-3-16-11-12-18(22(26)21(16)25)10-7-15-5-8-17(9-6-15)19-13-14-20(29-4-2)24(28)23(19)27/h5-14H,3-4H2,1-2H3.